The molecule has 0 saturated carbocycles. The minimum atomic E-state index is -0.121. The van der Waals surface area contributed by atoms with Crippen molar-refractivity contribution in [3.05, 3.63) is 98.2 Å². The monoisotopic (exact) mass is 417 g/mol. The van der Waals surface area contributed by atoms with Crippen molar-refractivity contribution >= 4 is 22.2 Å². The standard InChI is InChI=1S/C25H27N3OS/c1-16(2)15-18-10-12-19(13-11-18)23(22-9-6-14-30-22)26-17(3)24-27-21-8-5-4-7-20(21)25(29)28-24/h4-14,16-17,23,26H,15H2,1-3H3,(H,27,28,29)/t17-,23+/m0/s1. The van der Waals surface area contributed by atoms with Gasteiger partial charge in [0.25, 0.3) is 5.56 Å². The Morgan fingerprint density at radius 1 is 1.00 bits per heavy atom. The van der Waals surface area contributed by atoms with Crippen LogP contribution in [0.2, 0.25) is 0 Å². The lowest BCUT2D eigenvalue weighted by molar-refractivity contribution is 0.500. The molecule has 2 N–H and O–H groups in total. The quantitative estimate of drug-likeness (QED) is 0.410. The Hall–Kier alpha value is -2.76. The predicted molar refractivity (Wildman–Crippen MR) is 125 cm³/mol. The molecule has 0 fully saturated rings. The number of para-hydroxylation sites is 1. The van der Waals surface area contributed by atoms with Crippen molar-refractivity contribution in [2.75, 3.05) is 0 Å². The Labute approximate surface area is 181 Å². The molecule has 4 nitrogen and oxygen atoms in total. The van der Waals surface area contributed by atoms with Gasteiger partial charge in [-0.2, -0.15) is 0 Å². The van der Waals surface area contributed by atoms with Gasteiger partial charge in [0.15, 0.2) is 0 Å². The van der Waals surface area contributed by atoms with Crippen LogP contribution in [0.3, 0.4) is 0 Å². The number of benzene rings is 2. The smallest absolute Gasteiger partial charge is 0.258 e. The summed E-state index contributed by atoms with van der Waals surface area (Å²) >= 11 is 1.73. The van der Waals surface area contributed by atoms with Crippen LogP contribution in [0.25, 0.3) is 10.9 Å². The van der Waals surface area contributed by atoms with Gasteiger partial charge in [-0.25, -0.2) is 4.98 Å². The van der Waals surface area contributed by atoms with E-state index < -0.39 is 0 Å². The average Bonchev–Trinajstić information content (AvgIpc) is 3.27. The van der Waals surface area contributed by atoms with Crippen molar-refractivity contribution in [1.82, 2.24) is 15.3 Å². The van der Waals surface area contributed by atoms with E-state index in [0.717, 1.165) is 11.9 Å². The number of nitrogens with one attached hydrogen (secondary N) is 2. The average molecular weight is 418 g/mol. The summed E-state index contributed by atoms with van der Waals surface area (Å²) in [6.07, 6.45) is 1.08. The summed E-state index contributed by atoms with van der Waals surface area (Å²) in [5.74, 6) is 1.29. The molecular weight excluding hydrogens is 390 g/mol. The third kappa shape index (κ3) is 4.53. The summed E-state index contributed by atoms with van der Waals surface area (Å²) in [5.41, 5.74) is 3.18. The van der Waals surface area contributed by atoms with Gasteiger partial charge in [-0.15, -0.1) is 11.3 Å². The molecule has 4 aromatic rings. The molecule has 0 aliphatic rings. The number of aromatic nitrogens is 2. The highest BCUT2D eigenvalue weighted by Gasteiger charge is 2.20. The molecule has 0 aliphatic heterocycles. The fraction of sp³-hybridized carbons (Fsp3) is 0.280. The third-order valence-electron chi connectivity index (χ3n) is 5.24. The van der Waals surface area contributed by atoms with Crippen molar-refractivity contribution in [3.8, 4) is 0 Å². The third-order valence-corrected chi connectivity index (χ3v) is 6.18. The Morgan fingerprint density at radius 3 is 2.47 bits per heavy atom. The van der Waals surface area contributed by atoms with Crippen molar-refractivity contribution in [2.45, 2.75) is 39.3 Å². The zero-order valence-corrected chi connectivity index (χ0v) is 18.4. The highest BCUT2D eigenvalue weighted by Crippen LogP contribution is 2.29. The van der Waals surface area contributed by atoms with Crippen molar-refractivity contribution in [3.63, 3.8) is 0 Å². The van der Waals surface area contributed by atoms with E-state index in [9.17, 15) is 4.79 Å². The normalized spacial score (nSPS) is 13.6. The maximum absolute atomic E-state index is 12.5. The van der Waals surface area contributed by atoms with Gasteiger partial charge in [0.2, 0.25) is 0 Å². The van der Waals surface area contributed by atoms with Crippen molar-refractivity contribution < 1.29 is 0 Å². The van der Waals surface area contributed by atoms with E-state index in [1.54, 1.807) is 17.4 Å². The molecule has 2 aromatic carbocycles. The summed E-state index contributed by atoms with van der Waals surface area (Å²) in [4.78, 5) is 21.4. The number of aromatic amines is 1. The lowest BCUT2D eigenvalue weighted by Crippen LogP contribution is -2.28. The molecule has 0 amide bonds. The number of thiophene rings is 1. The summed E-state index contributed by atoms with van der Waals surface area (Å²) in [7, 11) is 0. The molecular formula is C25H27N3OS. The summed E-state index contributed by atoms with van der Waals surface area (Å²) in [6, 6.07) is 20.4. The first-order valence-corrected chi connectivity index (χ1v) is 11.3. The molecule has 5 heteroatoms. The van der Waals surface area contributed by atoms with Gasteiger partial charge in [-0.05, 0) is 54.0 Å². The van der Waals surface area contributed by atoms with Crippen LogP contribution in [0.15, 0.2) is 70.8 Å². The molecule has 0 radical (unpaired) electrons. The number of fused-ring (bicyclic) bond motifs is 1. The SMILES string of the molecule is CC(C)Cc1ccc([C@@H](N[C@@H](C)c2nc3ccccc3c(=O)[nH]2)c2cccs2)cc1. The minimum absolute atomic E-state index is 0.0323. The molecule has 2 aromatic heterocycles. The van der Waals surface area contributed by atoms with Crippen LogP contribution in [-0.4, -0.2) is 9.97 Å². The number of H-pyrrole nitrogens is 1. The molecule has 0 unspecified atom stereocenters. The zero-order valence-electron chi connectivity index (χ0n) is 17.6. The Bertz CT molecular complexity index is 1160. The van der Waals surface area contributed by atoms with Crippen LogP contribution in [0, 0.1) is 5.92 Å². The summed E-state index contributed by atoms with van der Waals surface area (Å²) in [6.45, 7) is 6.52. The van der Waals surface area contributed by atoms with E-state index >= 15 is 0 Å². The van der Waals surface area contributed by atoms with Crippen LogP contribution >= 0.6 is 11.3 Å². The number of hydrogen-bond donors (Lipinski definition) is 2. The highest BCUT2D eigenvalue weighted by atomic mass is 32.1. The van der Waals surface area contributed by atoms with E-state index in [1.165, 1.54) is 16.0 Å². The van der Waals surface area contributed by atoms with E-state index in [-0.39, 0.29) is 17.6 Å². The lowest BCUT2D eigenvalue weighted by atomic mass is 9.98. The van der Waals surface area contributed by atoms with Crippen LogP contribution in [0.1, 0.15) is 54.7 Å². The van der Waals surface area contributed by atoms with Gasteiger partial charge in [0.1, 0.15) is 5.82 Å². The molecule has 0 aliphatic carbocycles. The van der Waals surface area contributed by atoms with Gasteiger partial charge < -0.3 is 4.98 Å². The van der Waals surface area contributed by atoms with Crippen molar-refractivity contribution in [1.29, 1.82) is 0 Å². The maximum Gasteiger partial charge on any atom is 0.258 e. The van der Waals surface area contributed by atoms with Gasteiger partial charge in [0.05, 0.1) is 23.0 Å². The number of hydrogen-bond acceptors (Lipinski definition) is 4. The first kappa shape index (κ1) is 20.5. The van der Waals surface area contributed by atoms with Crippen molar-refractivity contribution in [2.24, 2.45) is 5.92 Å². The molecule has 2 atom stereocenters. The number of rotatable bonds is 7. The van der Waals surface area contributed by atoms with E-state index in [0.29, 0.717) is 17.1 Å². The molecule has 154 valence electrons. The van der Waals surface area contributed by atoms with Gasteiger partial charge in [-0.3, -0.25) is 10.1 Å². The first-order chi connectivity index (χ1) is 14.5. The van der Waals surface area contributed by atoms with Crippen LogP contribution in [0.5, 0.6) is 0 Å². The van der Waals surface area contributed by atoms with E-state index in [1.807, 2.05) is 25.1 Å². The second kappa shape index (κ2) is 8.94. The second-order valence-electron chi connectivity index (χ2n) is 8.14. The van der Waals surface area contributed by atoms with Gasteiger partial charge in [0, 0.05) is 4.88 Å². The van der Waals surface area contributed by atoms with E-state index in [4.69, 9.17) is 4.98 Å². The molecule has 0 spiro atoms. The largest absolute Gasteiger partial charge is 0.309 e. The van der Waals surface area contributed by atoms with Gasteiger partial charge in [-0.1, -0.05) is 56.3 Å². The minimum Gasteiger partial charge on any atom is -0.309 e. The van der Waals surface area contributed by atoms with Crippen LogP contribution < -0.4 is 10.9 Å². The van der Waals surface area contributed by atoms with Crippen LogP contribution in [-0.2, 0) is 6.42 Å². The topological polar surface area (TPSA) is 57.8 Å². The molecule has 30 heavy (non-hydrogen) atoms. The summed E-state index contributed by atoms with van der Waals surface area (Å²) < 4.78 is 0. The molecule has 0 saturated heterocycles. The first-order valence-electron chi connectivity index (χ1n) is 10.4. The fourth-order valence-corrected chi connectivity index (χ4v) is 4.57. The van der Waals surface area contributed by atoms with Gasteiger partial charge >= 0.3 is 0 Å². The predicted octanol–water partition coefficient (Wildman–Crippen LogP) is 5.62. The lowest BCUT2D eigenvalue weighted by Gasteiger charge is -2.23. The Balaban J connectivity index is 1.63. The second-order valence-corrected chi connectivity index (χ2v) is 9.12. The maximum atomic E-state index is 12.5. The fourth-order valence-electron chi connectivity index (χ4n) is 3.75. The molecule has 2 heterocycles. The zero-order chi connectivity index (χ0) is 21.1. The molecule has 0 bridgehead atoms. The van der Waals surface area contributed by atoms with Crippen LogP contribution in [0.4, 0.5) is 0 Å². The summed E-state index contributed by atoms with van der Waals surface area (Å²) in [5, 5.41) is 6.39. The molecule has 4 rings (SSSR count). The Morgan fingerprint density at radius 2 is 1.77 bits per heavy atom. The highest BCUT2D eigenvalue weighted by molar-refractivity contribution is 7.10. The Kier molecular flexibility index (Phi) is 6.11. The van der Waals surface area contributed by atoms with E-state index in [2.05, 4.69) is 65.9 Å². The number of nitrogens with zero attached hydrogens (tertiary/aromatic N) is 1.